The van der Waals surface area contributed by atoms with E-state index in [9.17, 15) is 14.7 Å². The number of hydrogen-bond donors (Lipinski definition) is 1. The molecule has 0 spiro atoms. The molecule has 0 saturated heterocycles. The van der Waals surface area contributed by atoms with Crippen molar-refractivity contribution in [3.8, 4) is 0 Å². The summed E-state index contributed by atoms with van der Waals surface area (Å²) in [6, 6.07) is 9.32. The van der Waals surface area contributed by atoms with E-state index >= 15 is 0 Å². The Morgan fingerprint density at radius 2 is 1.87 bits per heavy atom. The zero-order valence-electron chi connectivity index (χ0n) is 7.97. The molecule has 4 nitrogen and oxygen atoms in total. The third kappa shape index (κ3) is 4.61. The predicted octanol–water partition coefficient (Wildman–Crippen LogP) is -0.391. The van der Waals surface area contributed by atoms with Crippen molar-refractivity contribution in [3.05, 3.63) is 48.0 Å². The molecule has 0 aliphatic carbocycles. The quantitative estimate of drug-likeness (QED) is 0.679. The average molecular weight is 204 g/mol. The summed E-state index contributed by atoms with van der Waals surface area (Å²) in [5.74, 6) is -1.84. The summed E-state index contributed by atoms with van der Waals surface area (Å²) in [5, 5.41) is 12.5. The molecule has 0 heterocycles. The first-order valence-corrected chi connectivity index (χ1v) is 4.39. The molecule has 1 aromatic carbocycles. The van der Waals surface area contributed by atoms with Crippen molar-refractivity contribution in [3.63, 3.8) is 0 Å². The molecule has 1 amide bonds. The van der Waals surface area contributed by atoms with Gasteiger partial charge < -0.3 is 15.2 Å². The Morgan fingerprint density at radius 1 is 1.20 bits per heavy atom. The molecule has 0 aliphatic rings. The number of carboxylic acid groups (broad SMARTS) is 1. The van der Waals surface area contributed by atoms with Crippen LogP contribution in [0.25, 0.3) is 0 Å². The molecule has 1 rings (SSSR count). The summed E-state index contributed by atoms with van der Waals surface area (Å²) in [5.41, 5.74) is 0.952. The largest absolute Gasteiger partial charge is 0.545 e. The number of amides is 1. The molecule has 0 saturated carbocycles. The van der Waals surface area contributed by atoms with Gasteiger partial charge in [0.1, 0.15) is 0 Å². The highest BCUT2D eigenvalue weighted by molar-refractivity contribution is 5.93. The number of benzene rings is 1. The average Bonchev–Trinajstić information content (AvgIpc) is 2.25. The van der Waals surface area contributed by atoms with E-state index in [1.165, 1.54) is 0 Å². The van der Waals surface area contributed by atoms with Crippen LogP contribution in [0, 0.1) is 0 Å². The summed E-state index contributed by atoms with van der Waals surface area (Å²) in [4.78, 5) is 21.0. The van der Waals surface area contributed by atoms with Crippen LogP contribution >= 0.6 is 0 Å². The van der Waals surface area contributed by atoms with E-state index in [1.54, 1.807) is 0 Å². The van der Waals surface area contributed by atoms with Crippen molar-refractivity contribution in [1.29, 1.82) is 0 Å². The zero-order valence-corrected chi connectivity index (χ0v) is 7.97. The van der Waals surface area contributed by atoms with Crippen LogP contribution in [0.4, 0.5) is 0 Å². The first-order valence-electron chi connectivity index (χ1n) is 4.39. The fraction of sp³-hybridized carbons (Fsp3) is 0.0909. The van der Waals surface area contributed by atoms with Gasteiger partial charge in [0.05, 0.1) is 5.97 Å². The van der Waals surface area contributed by atoms with Crippen molar-refractivity contribution in [1.82, 2.24) is 5.32 Å². The maximum absolute atomic E-state index is 11.0. The Kier molecular flexibility index (Phi) is 4.09. The van der Waals surface area contributed by atoms with Gasteiger partial charge in [0, 0.05) is 12.6 Å². The second-order valence-electron chi connectivity index (χ2n) is 2.86. The summed E-state index contributed by atoms with van der Waals surface area (Å²) in [6.07, 6.45) is 1.62. The standard InChI is InChI=1S/C11H11NO3/c13-10(6-7-11(14)15)12-8-9-4-2-1-3-5-9/h1-7H,8H2,(H,12,13)(H,14,15)/p-1. The SMILES string of the molecule is O=C([O-])C=CC(=O)NCc1ccccc1. The lowest BCUT2D eigenvalue weighted by molar-refractivity contribution is -0.297. The number of aliphatic carboxylic acids is 1. The molecule has 0 aliphatic heterocycles. The highest BCUT2D eigenvalue weighted by Crippen LogP contribution is 1.96. The van der Waals surface area contributed by atoms with E-state index in [-0.39, 0.29) is 0 Å². The lowest BCUT2D eigenvalue weighted by Gasteiger charge is -2.01. The molecule has 0 bridgehead atoms. The van der Waals surface area contributed by atoms with Crippen molar-refractivity contribution in [2.75, 3.05) is 0 Å². The number of carbonyl (C=O) groups excluding carboxylic acids is 2. The van der Waals surface area contributed by atoms with Gasteiger partial charge in [0.15, 0.2) is 0 Å². The van der Waals surface area contributed by atoms with Crippen LogP contribution < -0.4 is 10.4 Å². The van der Waals surface area contributed by atoms with Crippen LogP contribution in [0.1, 0.15) is 5.56 Å². The Morgan fingerprint density at radius 3 is 2.47 bits per heavy atom. The first-order chi connectivity index (χ1) is 7.18. The fourth-order valence-electron chi connectivity index (χ4n) is 0.988. The third-order valence-corrected chi connectivity index (χ3v) is 1.68. The Bertz CT molecular complexity index is 371. The van der Waals surface area contributed by atoms with Gasteiger partial charge in [0.25, 0.3) is 0 Å². The molecule has 0 atom stereocenters. The first kappa shape index (κ1) is 11.0. The van der Waals surface area contributed by atoms with Gasteiger partial charge in [-0.3, -0.25) is 4.79 Å². The van der Waals surface area contributed by atoms with Crippen molar-refractivity contribution >= 4 is 11.9 Å². The van der Waals surface area contributed by atoms with Gasteiger partial charge in [-0.2, -0.15) is 0 Å². The van der Waals surface area contributed by atoms with Crippen LogP contribution in [0.15, 0.2) is 42.5 Å². The minimum atomic E-state index is -1.38. The maximum Gasteiger partial charge on any atom is 0.244 e. The van der Waals surface area contributed by atoms with E-state index in [0.29, 0.717) is 12.6 Å². The molecule has 4 heteroatoms. The molecule has 1 N–H and O–H groups in total. The molecular formula is C11H10NO3-. The van der Waals surface area contributed by atoms with Gasteiger partial charge in [0.2, 0.25) is 5.91 Å². The summed E-state index contributed by atoms with van der Waals surface area (Å²) < 4.78 is 0. The van der Waals surface area contributed by atoms with Gasteiger partial charge in [-0.25, -0.2) is 0 Å². The van der Waals surface area contributed by atoms with E-state index in [4.69, 9.17) is 0 Å². The highest BCUT2D eigenvalue weighted by Gasteiger charge is 1.94. The smallest absolute Gasteiger partial charge is 0.244 e. The Hall–Kier alpha value is -2.10. The number of carbonyl (C=O) groups is 2. The second-order valence-corrected chi connectivity index (χ2v) is 2.86. The monoisotopic (exact) mass is 204 g/mol. The van der Waals surface area contributed by atoms with Crippen LogP contribution in [0.3, 0.4) is 0 Å². The number of nitrogens with one attached hydrogen (secondary N) is 1. The van der Waals surface area contributed by atoms with Crippen LogP contribution in [-0.4, -0.2) is 11.9 Å². The number of hydrogen-bond acceptors (Lipinski definition) is 3. The van der Waals surface area contributed by atoms with Crippen molar-refractivity contribution in [2.45, 2.75) is 6.54 Å². The van der Waals surface area contributed by atoms with E-state index in [2.05, 4.69) is 5.32 Å². The lowest BCUT2D eigenvalue weighted by atomic mass is 10.2. The van der Waals surface area contributed by atoms with Crippen molar-refractivity contribution < 1.29 is 14.7 Å². The number of rotatable bonds is 4. The summed E-state index contributed by atoms with van der Waals surface area (Å²) in [7, 11) is 0. The molecule has 15 heavy (non-hydrogen) atoms. The van der Waals surface area contributed by atoms with E-state index in [0.717, 1.165) is 11.6 Å². The molecular weight excluding hydrogens is 194 g/mol. The van der Waals surface area contributed by atoms with Crippen molar-refractivity contribution in [2.24, 2.45) is 0 Å². The summed E-state index contributed by atoms with van der Waals surface area (Å²) in [6.45, 7) is 0.372. The topological polar surface area (TPSA) is 69.2 Å². The highest BCUT2D eigenvalue weighted by atomic mass is 16.4. The fourth-order valence-corrected chi connectivity index (χ4v) is 0.988. The lowest BCUT2D eigenvalue weighted by Crippen LogP contribution is -2.23. The molecule has 0 aromatic heterocycles. The molecule has 0 radical (unpaired) electrons. The molecule has 1 aromatic rings. The van der Waals surface area contributed by atoms with E-state index < -0.39 is 11.9 Å². The van der Waals surface area contributed by atoms with Crippen LogP contribution in [-0.2, 0) is 16.1 Å². The van der Waals surface area contributed by atoms with Gasteiger partial charge in [-0.05, 0) is 11.6 Å². The molecule has 0 unspecified atom stereocenters. The summed E-state index contributed by atoms with van der Waals surface area (Å²) >= 11 is 0. The molecule has 0 fully saturated rings. The minimum absolute atomic E-state index is 0.372. The zero-order chi connectivity index (χ0) is 11.1. The third-order valence-electron chi connectivity index (χ3n) is 1.68. The van der Waals surface area contributed by atoms with Crippen LogP contribution in [0.2, 0.25) is 0 Å². The van der Waals surface area contributed by atoms with Crippen LogP contribution in [0.5, 0.6) is 0 Å². The molecule has 78 valence electrons. The van der Waals surface area contributed by atoms with Gasteiger partial charge in [-0.15, -0.1) is 0 Å². The van der Waals surface area contributed by atoms with E-state index in [1.807, 2.05) is 30.3 Å². The normalized spacial score (nSPS) is 10.1. The van der Waals surface area contributed by atoms with Gasteiger partial charge >= 0.3 is 0 Å². The van der Waals surface area contributed by atoms with Gasteiger partial charge in [-0.1, -0.05) is 30.3 Å². The Labute approximate surface area is 87.2 Å². The maximum atomic E-state index is 11.0. The predicted molar refractivity (Wildman–Crippen MR) is 52.4 cm³/mol. The Balaban J connectivity index is 2.38. The second kappa shape index (κ2) is 5.59. The number of carboxylic acids is 1. The minimum Gasteiger partial charge on any atom is -0.545 e.